The molecule has 2 N–H and O–H groups in total. The lowest BCUT2D eigenvalue weighted by molar-refractivity contribution is 0.0686. The molecule has 0 unspecified atom stereocenters. The summed E-state index contributed by atoms with van der Waals surface area (Å²) in [5.74, 6) is -1.15. The highest BCUT2D eigenvalue weighted by Gasteiger charge is 2.20. The Labute approximate surface area is 124 Å². The monoisotopic (exact) mass is 315 g/mol. The molecule has 0 atom stereocenters. The highest BCUT2D eigenvalue weighted by atomic mass is 32.2. The van der Waals surface area contributed by atoms with E-state index in [9.17, 15) is 13.2 Å². The number of aromatic nitrogens is 1. The summed E-state index contributed by atoms with van der Waals surface area (Å²) in [6.45, 7) is 3.43. The van der Waals surface area contributed by atoms with Gasteiger partial charge in [-0.1, -0.05) is 0 Å². The Balaban J connectivity index is 1.89. The summed E-state index contributed by atoms with van der Waals surface area (Å²) in [6.07, 6.45) is 4.49. The maximum atomic E-state index is 12.1. The molecule has 1 aromatic rings. The van der Waals surface area contributed by atoms with Crippen LogP contribution in [0.3, 0.4) is 0 Å². The van der Waals surface area contributed by atoms with Gasteiger partial charge in [-0.15, -0.1) is 0 Å². The number of sulfonamides is 1. The Morgan fingerprint density at radius 2 is 2.05 bits per heavy atom. The Hall–Kier alpha value is -1.38. The van der Waals surface area contributed by atoms with Crippen molar-refractivity contribution >= 4 is 16.0 Å². The van der Waals surface area contributed by atoms with Gasteiger partial charge in [0.2, 0.25) is 10.0 Å². The third kappa shape index (κ3) is 4.05. The van der Waals surface area contributed by atoms with Crippen molar-refractivity contribution in [2.45, 2.75) is 24.2 Å². The molecule has 2 heterocycles. The first-order chi connectivity index (χ1) is 9.90. The fourth-order valence-corrected chi connectivity index (χ4v) is 3.64. The highest BCUT2D eigenvalue weighted by molar-refractivity contribution is 7.89. The van der Waals surface area contributed by atoms with Crippen LogP contribution in [0.25, 0.3) is 0 Å². The van der Waals surface area contributed by atoms with Crippen LogP contribution < -0.4 is 4.72 Å². The van der Waals surface area contributed by atoms with Crippen molar-refractivity contribution in [1.29, 1.82) is 0 Å². The first-order valence-electron chi connectivity index (χ1n) is 7.02. The van der Waals surface area contributed by atoms with Crippen LogP contribution in [-0.2, 0) is 17.1 Å². The molecule has 0 aromatic carbocycles. The van der Waals surface area contributed by atoms with Crippen LogP contribution in [0.4, 0.5) is 0 Å². The lowest BCUT2D eigenvalue weighted by Gasteiger charge is -2.14. The van der Waals surface area contributed by atoms with Crippen molar-refractivity contribution in [2.24, 2.45) is 7.05 Å². The molecule has 1 fully saturated rings. The third-order valence-corrected chi connectivity index (χ3v) is 5.08. The molecule has 0 saturated carbocycles. The second kappa shape index (κ2) is 6.59. The molecule has 1 aromatic heterocycles. The van der Waals surface area contributed by atoms with E-state index in [2.05, 4.69) is 9.62 Å². The van der Waals surface area contributed by atoms with Crippen LogP contribution in [-0.4, -0.2) is 55.1 Å². The lowest BCUT2D eigenvalue weighted by Crippen LogP contribution is -2.28. The fraction of sp³-hybridized carbons (Fsp3) is 0.615. The van der Waals surface area contributed by atoms with E-state index in [1.54, 1.807) is 0 Å². The molecular weight excluding hydrogens is 294 g/mol. The van der Waals surface area contributed by atoms with Gasteiger partial charge in [-0.3, -0.25) is 0 Å². The van der Waals surface area contributed by atoms with Crippen molar-refractivity contribution < 1.29 is 18.3 Å². The second-order valence-corrected chi connectivity index (χ2v) is 7.04. The van der Waals surface area contributed by atoms with Gasteiger partial charge >= 0.3 is 5.97 Å². The minimum absolute atomic E-state index is 0.0106. The molecule has 0 aliphatic carbocycles. The van der Waals surface area contributed by atoms with E-state index in [1.807, 2.05) is 0 Å². The van der Waals surface area contributed by atoms with E-state index in [0.717, 1.165) is 26.1 Å². The highest BCUT2D eigenvalue weighted by Crippen LogP contribution is 2.13. The number of likely N-dealkylation sites (tertiary alicyclic amines) is 1. The molecule has 2 rings (SSSR count). The van der Waals surface area contributed by atoms with Crippen molar-refractivity contribution in [3.05, 3.63) is 18.0 Å². The molecule has 0 bridgehead atoms. The summed E-state index contributed by atoms with van der Waals surface area (Å²) < 4.78 is 28.0. The van der Waals surface area contributed by atoms with Crippen LogP contribution in [0.2, 0.25) is 0 Å². The Bertz CT molecular complexity index is 603. The zero-order chi connectivity index (χ0) is 15.5. The minimum Gasteiger partial charge on any atom is -0.477 e. The summed E-state index contributed by atoms with van der Waals surface area (Å²) in [7, 11) is -2.13. The number of hydrogen-bond acceptors (Lipinski definition) is 4. The number of hydrogen-bond donors (Lipinski definition) is 2. The second-order valence-electron chi connectivity index (χ2n) is 5.28. The predicted molar refractivity (Wildman–Crippen MR) is 77.9 cm³/mol. The van der Waals surface area contributed by atoms with Crippen molar-refractivity contribution in [3.8, 4) is 0 Å². The lowest BCUT2D eigenvalue weighted by atomic mass is 10.4. The van der Waals surface area contributed by atoms with E-state index < -0.39 is 16.0 Å². The summed E-state index contributed by atoms with van der Waals surface area (Å²) in [5, 5.41) is 8.94. The summed E-state index contributed by atoms with van der Waals surface area (Å²) >= 11 is 0. The number of nitrogens with zero attached hydrogens (tertiary/aromatic N) is 2. The molecule has 0 spiro atoms. The first kappa shape index (κ1) is 16.0. The number of carboxylic acids is 1. The van der Waals surface area contributed by atoms with Crippen molar-refractivity contribution in [2.75, 3.05) is 26.2 Å². The Morgan fingerprint density at radius 1 is 1.38 bits per heavy atom. The number of aryl methyl sites for hydroxylation is 1. The topological polar surface area (TPSA) is 91.6 Å². The van der Waals surface area contributed by atoms with Crippen LogP contribution in [0.15, 0.2) is 17.2 Å². The molecule has 118 valence electrons. The molecule has 1 saturated heterocycles. The van der Waals surface area contributed by atoms with Crippen LogP contribution in [0.1, 0.15) is 29.8 Å². The van der Waals surface area contributed by atoms with Crippen molar-refractivity contribution in [3.63, 3.8) is 0 Å². The number of carbonyl (C=O) groups is 1. The van der Waals surface area contributed by atoms with E-state index in [0.29, 0.717) is 6.54 Å². The Kier molecular flexibility index (Phi) is 5.02. The molecule has 0 radical (unpaired) electrons. The zero-order valence-corrected chi connectivity index (χ0v) is 12.9. The number of aromatic carboxylic acids is 1. The van der Waals surface area contributed by atoms with Crippen LogP contribution >= 0.6 is 0 Å². The van der Waals surface area contributed by atoms with Crippen LogP contribution in [0, 0.1) is 0 Å². The quantitative estimate of drug-likeness (QED) is 0.714. The average molecular weight is 315 g/mol. The third-order valence-electron chi connectivity index (χ3n) is 3.65. The fourth-order valence-electron chi connectivity index (χ4n) is 2.49. The van der Waals surface area contributed by atoms with E-state index >= 15 is 0 Å². The van der Waals surface area contributed by atoms with Gasteiger partial charge in [-0.05, 0) is 45.0 Å². The maximum absolute atomic E-state index is 12.1. The van der Waals surface area contributed by atoms with Crippen molar-refractivity contribution in [1.82, 2.24) is 14.2 Å². The average Bonchev–Trinajstić information content (AvgIpc) is 3.04. The van der Waals surface area contributed by atoms with E-state index in [4.69, 9.17) is 5.11 Å². The normalized spacial score (nSPS) is 16.4. The SMILES string of the molecule is Cn1cc(S(=O)(=O)NCCCN2CCCC2)cc1C(=O)O. The summed E-state index contributed by atoms with van der Waals surface area (Å²) in [5.41, 5.74) is -0.0487. The van der Waals surface area contributed by atoms with Gasteiger partial charge in [-0.25, -0.2) is 17.9 Å². The number of carboxylic acid groups (broad SMARTS) is 1. The first-order valence-corrected chi connectivity index (χ1v) is 8.50. The summed E-state index contributed by atoms with van der Waals surface area (Å²) in [6, 6.07) is 1.17. The minimum atomic E-state index is -3.64. The molecule has 1 aliphatic rings. The number of nitrogens with one attached hydrogen (secondary N) is 1. The van der Waals surface area contributed by atoms with Gasteiger partial charge in [0, 0.05) is 19.8 Å². The molecular formula is C13H21N3O4S. The zero-order valence-electron chi connectivity index (χ0n) is 12.1. The van der Waals surface area contributed by atoms with Gasteiger partial charge in [0.25, 0.3) is 0 Å². The largest absolute Gasteiger partial charge is 0.477 e. The van der Waals surface area contributed by atoms with Gasteiger partial charge < -0.3 is 14.6 Å². The van der Waals surface area contributed by atoms with Gasteiger partial charge in [-0.2, -0.15) is 0 Å². The smallest absolute Gasteiger partial charge is 0.352 e. The predicted octanol–water partition coefficient (Wildman–Crippen LogP) is 0.488. The van der Waals surface area contributed by atoms with Gasteiger partial charge in [0.05, 0.1) is 0 Å². The van der Waals surface area contributed by atoms with Gasteiger partial charge in [0.1, 0.15) is 10.6 Å². The molecule has 7 nitrogen and oxygen atoms in total. The van der Waals surface area contributed by atoms with Crippen LogP contribution in [0.5, 0.6) is 0 Å². The summed E-state index contributed by atoms with van der Waals surface area (Å²) in [4.78, 5) is 13.2. The molecule has 0 amide bonds. The molecule has 1 aliphatic heterocycles. The van der Waals surface area contributed by atoms with E-state index in [1.165, 1.54) is 36.7 Å². The standard InChI is InChI=1S/C13H21N3O4S/c1-15-10-11(9-12(15)13(17)18)21(19,20)14-5-4-8-16-6-2-3-7-16/h9-10,14H,2-8H2,1H3,(H,17,18). The maximum Gasteiger partial charge on any atom is 0.352 e. The Morgan fingerprint density at radius 3 is 2.62 bits per heavy atom. The number of rotatable bonds is 7. The van der Waals surface area contributed by atoms with Gasteiger partial charge in [0.15, 0.2) is 0 Å². The van der Waals surface area contributed by atoms with E-state index in [-0.39, 0.29) is 10.6 Å². The molecule has 21 heavy (non-hydrogen) atoms. The molecule has 8 heteroatoms.